The molecule has 4 nitrogen and oxygen atoms in total. The Bertz CT molecular complexity index is 813. The maximum Gasteiger partial charge on any atom is 0.189 e. The van der Waals surface area contributed by atoms with Gasteiger partial charge in [0.25, 0.3) is 0 Å². The monoisotopic (exact) mass is 333 g/mol. The Morgan fingerprint density at radius 3 is 2.36 bits per heavy atom. The van der Waals surface area contributed by atoms with Crippen LogP contribution in [0.3, 0.4) is 0 Å². The fourth-order valence-corrected chi connectivity index (χ4v) is 2.62. The van der Waals surface area contributed by atoms with Crippen LogP contribution < -0.4 is 10.5 Å². The van der Waals surface area contributed by atoms with Crippen molar-refractivity contribution in [3.8, 4) is 22.7 Å². The maximum absolute atomic E-state index is 6.28. The number of hydrogen-bond acceptors (Lipinski definition) is 3. The molecule has 0 saturated heterocycles. The van der Waals surface area contributed by atoms with E-state index >= 15 is 0 Å². The van der Waals surface area contributed by atoms with E-state index in [0.29, 0.717) is 21.6 Å². The molecule has 0 radical (unpaired) electrons. The van der Waals surface area contributed by atoms with Crippen molar-refractivity contribution in [2.24, 2.45) is 0 Å². The molecule has 0 spiro atoms. The highest BCUT2D eigenvalue weighted by Crippen LogP contribution is 2.38. The first-order valence-corrected chi connectivity index (χ1v) is 7.30. The number of ether oxygens (including phenoxy) is 1. The average Bonchev–Trinajstić information content (AvgIpc) is 2.85. The minimum Gasteiger partial charge on any atom is -0.491 e. The third-order valence-corrected chi connectivity index (χ3v) is 3.84. The van der Waals surface area contributed by atoms with E-state index < -0.39 is 0 Å². The van der Waals surface area contributed by atoms with Gasteiger partial charge in [-0.25, -0.2) is 4.68 Å². The second kappa shape index (κ2) is 5.91. The third-order valence-electron chi connectivity index (χ3n) is 3.27. The van der Waals surface area contributed by atoms with Crippen LogP contribution in [0.15, 0.2) is 48.5 Å². The summed E-state index contributed by atoms with van der Waals surface area (Å²) in [6, 6.07) is 14.8. The lowest BCUT2D eigenvalue weighted by Gasteiger charge is -2.10. The van der Waals surface area contributed by atoms with Gasteiger partial charge in [0.2, 0.25) is 0 Å². The van der Waals surface area contributed by atoms with Gasteiger partial charge in [-0.1, -0.05) is 47.5 Å². The minimum atomic E-state index is 0.298. The predicted molar refractivity (Wildman–Crippen MR) is 90.0 cm³/mol. The molecule has 0 saturated carbocycles. The maximum atomic E-state index is 6.28. The number of nitrogen functional groups attached to an aromatic ring is 1. The number of anilines is 1. The van der Waals surface area contributed by atoms with Crippen molar-refractivity contribution in [1.82, 2.24) is 9.78 Å². The summed E-state index contributed by atoms with van der Waals surface area (Å²) in [5, 5.41) is 5.59. The van der Waals surface area contributed by atoms with E-state index in [1.807, 2.05) is 30.3 Å². The summed E-state index contributed by atoms with van der Waals surface area (Å²) in [7, 11) is 1.56. The topological polar surface area (TPSA) is 53.1 Å². The van der Waals surface area contributed by atoms with E-state index in [4.69, 9.17) is 33.7 Å². The summed E-state index contributed by atoms with van der Waals surface area (Å²) in [5.74, 6) is 0.801. The number of methoxy groups -OCH3 is 1. The van der Waals surface area contributed by atoms with E-state index in [1.54, 1.807) is 30.0 Å². The van der Waals surface area contributed by atoms with Crippen LogP contribution in [0, 0.1) is 0 Å². The number of halogens is 2. The van der Waals surface area contributed by atoms with E-state index in [0.717, 1.165) is 16.9 Å². The summed E-state index contributed by atoms with van der Waals surface area (Å²) in [4.78, 5) is 0. The van der Waals surface area contributed by atoms with Crippen molar-refractivity contribution in [2.75, 3.05) is 12.8 Å². The number of benzene rings is 2. The van der Waals surface area contributed by atoms with Crippen molar-refractivity contribution in [3.63, 3.8) is 0 Å². The Morgan fingerprint density at radius 1 is 1.05 bits per heavy atom. The molecule has 22 heavy (non-hydrogen) atoms. The molecule has 1 heterocycles. The van der Waals surface area contributed by atoms with Gasteiger partial charge in [0.05, 0.1) is 17.8 Å². The number of nitrogens with zero attached hydrogens (tertiary/aromatic N) is 2. The van der Waals surface area contributed by atoms with Gasteiger partial charge in [-0.15, -0.1) is 5.10 Å². The summed E-state index contributed by atoms with van der Waals surface area (Å²) < 4.78 is 7.10. The van der Waals surface area contributed by atoms with E-state index in [1.165, 1.54) is 0 Å². The van der Waals surface area contributed by atoms with Gasteiger partial charge in [-0.2, -0.15) is 0 Å². The van der Waals surface area contributed by atoms with Crippen LogP contribution in [0.1, 0.15) is 0 Å². The standard InChI is InChI=1S/C16H13Cl2N3O/c1-22-15-14(10-6-8-11(17)9-7-10)21(20-16(15)19)13-5-3-2-4-12(13)18/h2-9H,1H3,(H2,19,20). The zero-order valence-electron chi connectivity index (χ0n) is 11.8. The Hall–Kier alpha value is -2.17. The van der Waals surface area contributed by atoms with Crippen LogP contribution >= 0.6 is 23.2 Å². The Kier molecular flexibility index (Phi) is 3.96. The number of rotatable bonds is 3. The predicted octanol–water partition coefficient (Wildman–Crippen LogP) is 4.44. The molecular weight excluding hydrogens is 321 g/mol. The normalized spacial score (nSPS) is 10.7. The van der Waals surface area contributed by atoms with Crippen molar-refractivity contribution in [2.45, 2.75) is 0 Å². The SMILES string of the molecule is COc1c(N)nn(-c2ccccc2Cl)c1-c1ccc(Cl)cc1. The largest absolute Gasteiger partial charge is 0.491 e. The fraction of sp³-hybridized carbons (Fsp3) is 0.0625. The number of hydrogen-bond donors (Lipinski definition) is 1. The van der Waals surface area contributed by atoms with Crippen LogP contribution in [0.25, 0.3) is 16.9 Å². The van der Waals surface area contributed by atoms with Crippen LogP contribution in [0.2, 0.25) is 10.0 Å². The van der Waals surface area contributed by atoms with Crippen LogP contribution in [0.5, 0.6) is 5.75 Å². The van der Waals surface area contributed by atoms with Crippen LogP contribution in [-0.4, -0.2) is 16.9 Å². The smallest absolute Gasteiger partial charge is 0.189 e. The fourth-order valence-electron chi connectivity index (χ4n) is 2.28. The molecule has 2 N–H and O–H groups in total. The Labute approximate surface area is 138 Å². The minimum absolute atomic E-state index is 0.298. The summed E-state index contributed by atoms with van der Waals surface area (Å²) in [5.41, 5.74) is 8.31. The van der Waals surface area contributed by atoms with Gasteiger partial charge >= 0.3 is 0 Å². The molecule has 1 aromatic heterocycles. The highest BCUT2D eigenvalue weighted by Gasteiger charge is 2.20. The molecule has 0 bridgehead atoms. The van der Waals surface area contributed by atoms with Gasteiger partial charge in [-0.05, 0) is 24.3 Å². The molecule has 0 fully saturated rings. The number of aromatic nitrogens is 2. The lowest BCUT2D eigenvalue weighted by molar-refractivity contribution is 0.418. The summed E-state index contributed by atoms with van der Waals surface area (Å²) in [6.07, 6.45) is 0. The third kappa shape index (κ3) is 2.51. The van der Waals surface area contributed by atoms with Gasteiger partial charge in [0.1, 0.15) is 5.69 Å². The second-order valence-corrected chi connectivity index (χ2v) is 5.48. The lowest BCUT2D eigenvalue weighted by atomic mass is 10.1. The molecule has 0 atom stereocenters. The van der Waals surface area contributed by atoms with E-state index in [2.05, 4.69) is 5.10 Å². The molecule has 3 rings (SSSR count). The summed E-state index contributed by atoms with van der Waals surface area (Å²) in [6.45, 7) is 0. The molecule has 0 aliphatic rings. The zero-order valence-corrected chi connectivity index (χ0v) is 13.3. The highest BCUT2D eigenvalue weighted by molar-refractivity contribution is 6.32. The Balaban J connectivity index is 2.28. The molecule has 112 valence electrons. The zero-order chi connectivity index (χ0) is 15.7. The first-order chi connectivity index (χ1) is 10.6. The molecular formula is C16H13Cl2N3O. The summed E-state index contributed by atoms with van der Waals surface area (Å²) >= 11 is 12.2. The van der Waals surface area contributed by atoms with Crippen molar-refractivity contribution in [1.29, 1.82) is 0 Å². The van der Waals surface area contributed by atoms with Gasteiger partial charge < -0.3 is 10.5 Å². The van der Waals surface area contributed by atoms with Crippen molar-refractivity contribution < 1.29 is 4.74 Å². The van der Waals surface area contributed by atoms with E-state index in [9.17, 15) is 0 Å². The van der Waals surface area contributed by atoms with Crippen LogP contribution in [0.4, 0.5) is 5.82 Å². The molecule has 6 heteroatoms. The molecule has 3 aromatic rings. The lowest BCUT2D eigenvalue weighted by Crippen LogP contribution is -2.00. The molecule has 0 unspecified atom stereocenters. The van der Waals surface area contributed by atoms with Gasteiger partial charge in [-0.3, -0.25) is 0 Å². The molecule has 0 amide bonds. The highest BCUT2D eigenvalue weighted by atomic mass is 35.5. The first-order valence-electron chi connectivity index (χ1n) is 6.55. The molecule has 0 aliphatic heterocycles. The van der Waals surface area contributed by atoms with Crippen molar-refractivity contribution >= 4 is 29.0 Å². The van der Waals surface area contributed by atoms with Crippen LogP contribution in [-0.2, 0) is 0 Å². The Morgan fingerprint density at radius 2 is 1.73 bits per heavy atom. The average molecular weight is 334 g/mol. The van der Waals surface area contributed by atoms with Gasteiger partial charge in [0.15, 0.2) is 11.6 Å². The van der Waals surface area contributed by atoms with Gasteiger partial charge in [0, 0.05) is 10.6 Å². The second-order valence-electron chi connectivity index (χ2n) is 4.64. The molecule has 0 aliphatic carbocycles. The number of para-hydroxylation sites is 1. The quantitative estimate of drug-likeness (QED) is 0.770. The molecule has 2 aromatic carbocycles. The first kappa shape index (κ1) is 14.8. The number of nitrogens with two attached hydrogens (primary N) is 1. The van der Waals surface area contributed by atoms with Crippen molar-refractivity contribution in [3.05, 3.63) is 58.6 Å². The van der Waals surface area contributed by atoms with E-state index in [-0.39, 0.29) is 0 Å².